The number of fused-ring (bicyclic) bond motifs is 2. The normalized spacial score (nSPS) is 16.3. The first kappa shape index (κ1) is 20.5. The Morgan fingerprint density at radius 1 is 1.00 bits per heavy atom. The smallest absolute Gasteiger partial charge is 0.163 e. The van der Waals surface area contributed by atoms with E-state index in [0.29, 0.717) is 5.92 Å². The van der Waals surface area contributed by atoms with Crippen molar-refractivity contribution in [1.29, 1.82) is 0 Å². The fraction of sp³-hybridized carbons (Fsp3) is 0.286. The molecule has 0 spiro atoms. The first-order valence-electron chi connectivity index (χ1n) is 12.4. The van der Waals surface area contributed by atoms with Crippen molar-refractivity contribution in [2.75, 3.05) is 31.1 Å². The van der Waals surface area contributed by atoms with Crippen LogP contribution < -0.4 is 10.2 Å². The van der Waals surface area contributed by atoms with Crippen LogP contribution in [0.1, 0.15) is 29.9 Å². The van der Waals surface area contributed by atoms with E-state index >= 15 is 0 Å². The Labute approximate surface area is 203 Å². The molecule has 1 aliphatic carbocycles. The van der Waals surface area contributed by atoms with Crippen LogP contribution in [0.15, 0.2) is 55.0 Å². The Kier molecular flexibility index (Phi) is 4.77. The highest BCUT2D eigenvalue weighted by molar-refractivity contribution is 5.98. The van der Waals surface area contributed by atoms with Gasteiger partial charge in [0.15, 0.2) is 5.82 Å². The van der Waals surface area contributed by atoms with E-state index in [9.17, 15) is 0 Å². The average molecular weight is 462 g/mol. The Bertz CT molecular complexity index is 1560. The van der Waals surface area contributed by atoms with Crippen molar-refractivity contribution in [2.45, 2.75) is 25.7 Å². The maximum absolute atomic E-state index is 5.23. The molecule has 0 amide bonds. The van der Waals surface area contributed by atoms with Crippen molar-refractivity contribution >= 4 is 27.8 Å². The number of nitrogens with zero attached hydrogens (tertiary/aromatic N) is 5. The fourth-order valence-corrected chi connectivity index (χ4v) is 5.21. The zero-order valence-electron chi connectivity index (χ0n) is 19.8. The van der Waals surface area contributed by atoms with E-state index in [-0.39, 0.29) is 0 Å². The quantitative estimate of drug-likeness (QED) is 0.399. The summed E-state index contributed by atoms with van der Waals surface area (Å²) in [6.45, 7) is 5.90. The van der Waals surface area contributed by atoms with Crippen molar-refractivity contribution in [2.24, 2.45) is 0 Å². The molecule has 7 nitrogen and oxygen atoms in total. The molecule has 1 aromatic carbocycles. The number of benzene rings is 1. The monoisotopic (exact) mass is 461 g/mol. The summed E-state index contributed by atoms with van der Waals surface area (Å²) in [5, 5.41) is 5.67. The third-order valence-corrected chi connectivity index (χ3v) is 7.15. The molecule has 5 heterocycles. The van der Waals surface area contributed by atoms with E-state index in [2.05, 4.69) is 62.4 Å². The molecule has 1 saturated heterocycles. The van der Waals surface area contributed by atoms with E-state index in [1.54, 1.807) is 0 Å². The van der Waals surface area contributed by atoms with Crippen LogP contribution in [0, 0.1) is 6.92 Å². The van der Waals surface area contributed by atoms with Gasteiger partial charge in [0.1, 0.15) is 11.5 Å². The van der Waals surface area contributed by atoms with Gasteiger partial charge < -0.3 is 15.2 Å². The predicted molar refractivity (Wildman–Crippen MR) is 140 cm³/mol. The summed E-state index contributed by atoms with van der Waals surface area (Å²) >= 11 is 0. The van der Waals surface area contributed by atoms with Gasteiger partial charge in [-0.2, -0.15) is 0 Å². The van der Waals surface area contributed by atoms with Gasteiger partial charge in [-0.3, -0.25) is 4.98 Å². The Morgan fingerprint density at radius 2 is 1.89 bits per heavy atom. The molecular formula is C28H27N7. The minimum atomic E-state index is 0.580. The van der Waals surface area contributed by atoms with Crippen molar-refractivity contribution < 1.29 is 0 Å². The van der Waals surface area contributed by atoms with Crippen molar-refractivity contribution in [3.63, 3.8) is 0 Å². The number of aromatic amines is 1. The maximum Gasteiger partial charge on any atom is 0.163 e. The fourth-order valence-electron chi connectivity index (χ4n) is 5.21. The predicted octanol–water partition coefficient (Wildman–Crippen LogP) is 4.83. The molecule has 0 atom stereocenters. The molecule has 0 radical (unpaired) electrons. The second kappa shape index (κ2) is 8.13. The average Bonchev–Trinajstić information content (AvgIpc) is 3.65. The topological polar surface area (TPSA) is 82.6 Å². The first-order chi connectivity index (χ1) is 17.2. The molecule has 7 heteroatoms. The van der Waals surface area contributed by atoms with Crippen molar-refractivity contribution in [3.8, 4) is 22.6 Å². The molecular weight excluding hydrogens is 434 g/mol. The maximum atomic E-state index is 5.23. The van der Waals surface area contributed by atoms with Crippen LogP contribution in [0.5, 0.6) is 0 Å². The molecule has 1 saturated carbocycles. The van der Waals surface area contributed by atoms with Gasteiger partial charge in [0.05, 0.1) is 11.7 Å². The number of piperazine rings is 1. The van der Waals surface area contributed by atoms with Crippen LogP contribution >= 0.6 is 0 Å². The van der Waals surface area contributed by atoms with E-state index in [0.717, 1.165) is 71.2 Å². The highest BCUT2D eigenvalue weighted by atomic mass is 15.2. The van der Waals surface area contributed by atoms with Gasteiger partial charge in [0.2, 0.25) is 0 Å². The number of pyridine rings is 2. The number of hydrogen-bond donors (Lipinski definition) is 2. The summed E-state index contributed by atoms with van der Waals surface area (Å²) in [4.78, 5) is 25.4. The molecule has 174 valence electrons. The van der Waals surface area contributed by atoms with E-state index < -0.39 is 0 Å². The molecule has 4 aromatic heterocycles. The summed E-state index contributed by atoms with van der Waals surface area (Å²) < 4.78 is 0. The second-order valence-corrected chi connectivity index (χ2v) is 9.68. The van der Waals surface area contributed by atoms with Crippen LogP contribution in [-0.4, -0.2) is 51.1 Å². The SMILES string of the molecule is Cc1cccc(-c2cc3c(-c4nc(N5CCNCC5)c5c(C6CC6)cncc5n4)ccnc3[nH]2)c1. The highest BCUT2D eigenvalue weighted by Gasteiger charge is 2.29. The molecule has 0 unspecified atom stereocenters. The third kappa shape index (κ3) is 3.63. The van der Waals surface area contributed by atoms with Gasteiger partial charge in [-0.15, -0.1) is 0 Å². The Morgan fingerprint density at radius 3 is 2.71 bits per heavy atom. The summed E-state index contributed by atoms with van der Waals surface area (Å²) in [5.74, 6) is 2.34. The molecule has 7 rings (SSSR count). The zero-order valence-corrected chi connectivity index (χ0v) is 19.8. The van der Waals surface area contributed by atoms with E-state index in [4.69, 9.17) is 9.97 Å². The van der Waals surface area contributed by atoms with E-state index in [1.807, 2.05) is 24.7 Å². The molecule has 2 N–H and O–H groups in total. The van der Waals surface area contributed by atoms with Crippen molar-refractivity contribution in [1.82, 2.24) is 30.2 Å². The Balaban J connectivity index is 1.43. The summed E-state index contributed by atoms with van der Waals surface area (Å²) in [7, 11) is 0. The molecule has 2 aliphatic rings. The van der Waals surface area contributed by atoms with Gasteiger partial charge >= 0.3 is 0 Å². The number of rotatable bonds is 4. The van der Waals surface area contributed by atoms with Crippen molar-refractivity contribution in [3.05, 3.63) is 66.1 Å². The largest absolute Gasteiger partial charge is 0.353 e. The van der Waals surface area contributed by atoms with Crippen LogP contribution in [0.4, 0.5) is 5.82 Å². The van der Waals surface area contributed by atoms with Crippen LogP contribution in [0.3, 0.4) is 0 Å². The summed E-state index contributed by atoms with van der Waals surface area (Å²) in [6, 6.07) is 12.7. The molecule has 35 heavy (non-hydrogen) atoms. The molecule has 1 aliphatic heterocycles. The standard InChI is InChI=1S/C28H27N7/c1-17-3-2-4-19(13-17)23-14-21-20(7-8-31-26(21)32-23)27-33-24-16-30-15-22(18-5-6-18)25(24)28(34-27)35-11-9-29-10-12-35/h2-4,7-8,13-16,18,29H,5-6,9-12H2,1H3,(H,31,32). The number of aryl methyl sites for hydroxylation is 1. The van der Waals surface area contributed by atoms with Gasteiger partial charge in [0.25, 0.3) is 0 Å². The lowest BCUT2D eigenvalue weighted by molar-refractivity contribution is 0.586. The number of hydrogen-bond acceptors (Lipinski definition) is 6. The Hall–Kier alpha value is -3.84. The van der Waals surface area contributed by atoms with E-state index in [1.165, 1.54) is 29.4 Å². The zero-order chi connectivity index (χ0) is 23.4. The summed E-state index contributed by atoms with van der Waals surface area (Å²) in [6.07, 6.45) is 8.20. The van der Waals surface area contributed by atoms with Crippen LogP contribution in [0.2, 0.25) is 0 Å². The third-order valence-electron chi connectivity index (χ3n) is 7.15. The number of H-pyrrole nitrogens is 1. The van der Waals surface area contributed by atoms with Gasteiger partial charge in [0, 0.05) is 60.6 Å². The number of nitrogens with one attached hydrogen (secondary N) is 2. The minimum absolute atomic E-state index is 0.580. The van der Waals surface area contributed by atoms with Crippen LogP contribution in [0.25, 0.3) is 44.6 Å². The van der Waals surface area contributed by atoms with Gasteiger partial charge in [-0.05, 0) is 55.0 Å². The minimum Gasteiger partial charge on any atom is -0.353 e. The number of aromatic nitrogens is 5. The summed E-state index contributed by atoms with van der Waals surface area (Å²) in [5.41, 5.74) is 7.47. The second-order valence-electron chi connectivity index (χ2n) is 9.68. The highest BCUT2D eigenvalue weighted by Crippen LogP contribution is 2.45. The van der Waals surface area contributed by atoms with Gasteiger partial charge in [-0.1, -0.05) is 23.8 Å². The molecule has 2 fully saturated rings. The van der Waals surface area contributed by atoms with Crippen LogP contribution in [-0.2, 0) is 0 Å². The van der Waals surface area contributed by atoms with Gasteiger partial charge in [-0.25, -0.2) is 15.0 Å². The lowest BCUT2D eigenvalue weighted by Crippen LogP contribution is -2.44. The number of anilines is 1. The molecule has 0 bridgehead atoms. The lowest BCUT2D eigenvalue weighted by Gasteiger charge is -2.30. The first-order valence-corrected chi connectivity index (χ1v) is 12.4. The lowest BCUT2D eigenvalue weighted by atomic mass is 10.1. The molecule has 5 aromatic rings.